The zero-order valence-corrected chi connectivity index (χ0v) is 20.2. The molecule has 3 N–H and O–H groups in total. The molecule has 4 rings (SSSR count). The molecule has 1 fully saturated rings. The number of rotatable bonds is 9. The lowest BCUT2D eigenvalue weighted by Crippen LogP contribution is -2.49. The van der Waals surface area contributed by atoms with E-state index in [9.17, 15) is 14.7 Å². The molecule has 0 saturated heterocycles. The number of aliphatic imine (C=N–C) groups is 1. The molecule has 8 nitrogen and oxygen atoms in total. The van der Waals surface area contributed by atoms with Crippen molar-refractivity contribution in [2.24, 2.45) is 16.3 Å². The van der Waals surface area contributed by atoms with Gasteiger partial charge in [-0.15, -0.1) is 0 Å². The number of aliphatic carboxylic acids is 1. The van der Waals surface area contributed by atoms with E-state index < -0.39 is 17.4 Å². The van der Waals surface area contributed by atoms with Crippen LogP contribution in [0.2, 0.25) is 0 Å². The van der Waals surface area contributed by atoms with E-state index >= 15 is 0 Å². The van der Waals surface area contributed by atoms with Gasteiger partial charge in [-0.3, -0.25) is 9.79 Å². The smallest absolute Gasteiger partial charge is 0.326 e. The van der Waals surface area contributed by atoms with Crippen molar-refractivity contribution in [1.82, 2.24) is 10.3 Å². The van der Waals surface area contributed by atoms with E-state index in [1.54, 1.807) is 6.20 Å². The third-order valence-corrected chi connectivity index (χ3v) is 6.94. The maximum absolute atomic E-state index is 12.8. The first-order valence-corrected chi connectivity index (χ1v) is 12.4. The van der Waals surface area contributed by atoms with Crippen LogP contribution >= 0.6 is 0 Å². The molecule has 1 aromatic heterocycles. The normalized spacial score (nSPS) is 20.1. The zero-order chi connectivity index (χ0) is 24.7. The van der Waals surface area contributed by atoms with Crippen molar-refractivity contribution in [3.63, 3.8) is 0 Å². The van der Waals surface area contributed by atoms with Gasteiger partial charge in [-0.1, -0.05) is 44.4 Å². The van der Waals surface area contributed by atoms with Crippen molar-refractivity contribution < 1.29 is 19.4 Å². The van der Waals surface area contributed by atoms with E-state index in [2.05, 4.69) is 20.6 Å². The van der Waals surface area contributed by atoms with E-state index in [-0.39, 0.29) is 18.2 Å². The number of amides is 1. The summed E-state index contributed by atoms with van der Waals surface area (Å²) in [4.78, 5) is 33.5. The van der Waals surface area contributed by atoms with Crippen LogP contribution in [-0.2, 0) is 20.7 Å². The lowest BCUT2D eigenvalue weighted by Gasteiger charge is -2.33. The van der Waals surface area contributed by atoms with Gasteiger partial charge in [0, 0.05) is 36.1 Å². The van der Waals surface area contributed by atoms with Gasteiger partial charge in [0.15, 0.2) is 0 Å². The number of pyridine rings is 1. The first-order chi connectivity index (χ1) is 16.9. The average Bonchev–Trinajstić information content (AvgIpc) is 2.89. The van der Waals surface area contributed by atoms with Crippen molar-refractivity contribution in [3.8, 4) is 0 Å². The molecule has 1 aliphatic heterocycles. The number of hydrogen-bond acceptors (Lipinski definition) is 6. The second-order valence-corrected chi connectivity index (χ2v) is 9.81. The molecule has 186 valence electrons. The van der Waals surface area contributed by atoms with Crippen LogP contribution in [0.3, 0.4) is 0 Å². The van der Waals surface area contributed by atoms with E-state index in [1.165, 1.54) is 0 Å². The largest absolute Gasteiger partial charge is 0.480 e. The van der Waals surface area contributed by atoms with Crippen LogP contribution in [0.15, 0.2) is 53.7 Å². The fourth-order valence-electron chi connectivity index (χ4n) is 4.63. The lowest BCUT2D eigenvalue weighted by atomic mass is 9.75. The first kappa shape index (κ1) is 24.7. The molecule has 1 aliphatic carbocycles. The van der Waals surface area contributed by atoms with Crippen LogP contribution < -0.4 is 10.6 Å². The maximum Gasteiger partial charge on any atom is 0.326 e. The number of benzene rings is 1. The maximum atomic E-state index is 12.8. The summed E-state index contributed by atoms with van der Waals surface area (Å²) in [6.07, 6.45) is 6.75. The molecule has 2 heterocycles. The Bertz CT molecular complexity index is 1030. The second-order valence-electron chi connectivity index (χ2n) is 9.81. The Morgan fingerprint density at radius 2 is 1.91 bits per heavy atom. The highest BCUT2D eigenvalue weighted by molar-refractivity contribution is 5.94. The van der Waals surface area contributed by atoms with Gasteiger partial charge in [-0.2, -0.15) is 0 Å². The van der Waals surface area contributed by atoms with Crippen LogP contribution in [0.5, 0.6) is 0 Å². The molecule has 2 unspecified atom stereocenters. The predicted molar refractivity (Wildman–Crippen MR) is 134 cm³/mol. The number of carbonyl (C=O) groups is 2. The number of carbonyl (C=O) groups excluding carboxylic acids is 1. The number of aromatic nitrogens is 1. The van der Waals surface area contributed by atoms with Gasteiger partial charge < -0.3 is 20.5 Å². The quantitative estimate of drug-likeness (QED) is 0.507. The highest BCUT2D eigenvalue weighted by atomic mass is 16.5. The Labute approximate surface area is 206 Å². The number of carboxylic acid groups (broad SMARTS) is 1. The number of anilines is 1. The minimum absolute atomic E-state index is 0.154. The molecule has 35 heavy (non-hydrogen) atoms. The third kappa shape index (κ3) is 6.59. The Hall–Kier alpha value is -3.42. The number of ether oxygens (including phenoxy) is 1. The molecule has 2 aromatic rings. The average molecular weight is 479 g/mol. The van der Waals surface area contributed by atoms with Gasteiger partial charge in [0.05, 0.1) is 13.2 Å². The third-order valence-electron chi connectivity index (χ3n) is 6.94. The summed E-state index contributed by atoms with van der Waals surface area (Å²) >= 11 is 0. The summed E-state index contributed by atoms with van der Waals surface area (Å²) in [5.74, 6) is 0.511. The minimum atomic E-state index is -1.02. The van der Waals surface area contributed by atoms with E-state index in [0.717, 1.165) is 55.6 Å². The molecule has 1 amide bonds. The fourth-order valence-corrected chi connectivity index (χ4v) is 4.63. The van der Waals surface area contributed by atoms with E-state index in [4.69, 9.17) is 4.74 Å². The summed E-state index contributed by atoms with van der Waals surface area (Å²) in [6, 6.07) is 12.3. The summed E-state index contributed by atoms with van der Waals surface area (Å²) < 4.78 is 5.89. The monoisotopic (exact) mass is 478 g/mol. The lowest BCUT2D eigenvalue weighted by molar-refractivity contribution is -0.144. The van der Waals surface area contributed by atoms with Gasteiger partial charge in [-0.25, -0.2) is 9.78 Å². The number of hydrogen-bond donors (Lipinski definition) is 3. The Morgan fingerprint density at radius 1 is 1.14 bits per heavy atom. The zero-order valence-electron chi connectivity index (χ0n) is 20.2. The molecule has 1 aromatic carbocycles. The van der Waals surface area contributed by atoms with Gasteiger partial charge in [0.25, 0.3) is 0 Å². The fraction of sp³-hybridized carbons (Fsp3) is 0.481. The highest BCUT2D eigenvalue weighted by Crippen LogP contribution is 2.36. The molecule has 2 aliphatic rings. The summed E-state index contributed by atoms with van der Waals surface area (Å²) in [6.45, 7) is 3.89. The van der Waals surface area contributed by atoms with Gasteiger partial charge >= 0.3 is 5.97 Å². The predicted octanol–water partition coefficient (Wildman–Crippen LogP) is 3.67. The Kier molecular flexibility index (Phi) is 8.00. The second kappa shape index (κ2) is 11.3. The molecule has 0 bridgehead atoms. The van der Waals surface area contributed by atoms with Crippen molar-refractivity contribution >= 4 is 23.6 Å². The van der Waals surface area contributed by atoms with Crippen molar-refractivity contribution in [3.05, 3.63) is 59.8 Å². The minimum Gasteiger partial charge on any atom is -0.480 e. The van der Waals surface area contributed by atoms with Crippen LogP contribution in [0.25, 0.3) is 0 Å². The van der Waals surface area contributed by atoms with E-state index in [1.807, 2.05) is 49.4 Å². The molecule has 8 heteroatoms. The molecule has 0 radical (unpaired) electrons. The number of carboxylic acids is 1. The number of nitrogens with one attached hydrogen (secondary N) is 2. The van der Waals surface area contributed by atoms with Crippen molar-refractivity contribution in [2.45, 2.75) is 51.5 Å². The number of nitrogens with zero attached hydrogens (tertiary/aromatic N) is 2. The van der Waals surface area contributed by atoms with E-state index in [0.29, 0.717) is 19.0 Å². The van der Waals surface area contributed by atoms with Crippen LogP contribution in [-0.4, -0.2) is 53.6 Å². The molecular formula is C27H34N4O4. The molecule has 0 spiro atoms. The molecule has 2 atom stereocenters. The Morgan fingerprint density at radius 3 is 2.54 bits per heavy atom. The summed E-state index contributed by atoms with van der Waals surface area (Å²) in [5, 5.41) is 15.8. The standard InChI is InChI=1S/C27H34N4O4/c1-27(12-4-2-5-13-27)26(34)31-22(25(32)33)15-19-8-10-21(11-9-19)24-30-17-20(18-35-24)16-29-23-7-3-6-14-28-23/h3,6-11,14,20,22H,2,4-5,12-13,15-18H2,1H3,(H,28,29)(H,31,34)(H,32,33). The topological polar surface area (TPSA) is 113 Å². The van der Waals surface area contributed by atoms with Gasteiger partial charge in [0.2, 0.25) is 11.8 Å². The first-order valence-electron chi connectivity index (χ1n) is 12.4. The highest BCUT2D eigenvalue weighted by Gasteiger charge is 2.36. The summed E-state index contributed by atoms with van der Waals surface area (Å²) in [5.41, 5.74) is 1.22. The molecule has 1 saturated carbocycles. The Balaban J connectivity index is 1.31. The SMILES string of the molecule is CC1(C(=O)NC(Cc2ccc(C3=NCC(CNc4ccccn4)CO3)cc2)C(=O)O)CCCCC1. The van der Waals surface area contributed by atoms with Crippen LogP contribution in [0, 0.1) is 11.3 Å². The van der Waals surface area contributed by atoms with Crippen LogP contribution in [0.1, 0.15) is 50.2 Å². The molecular weight excluding hydrogens is 444 g/mol. The van der Waals surface area contributed by atoms with Crippen molar-refractivity contribution in [2.75, 3.05) is 25.0 Å². The van der Waals surface area contributed by atoms with Crippen molar-refractivity contribution in [1.29, 1.82) is 0 Å². The summed E-state index contributed by atoms with van der Waals surface area (Å²) in [7, 11) is 0. The van der Waals surface area contributed by atoms with Crippen LogP contribution in [0.4, 0.5) is 5.82 Å². The van der Waals surface area contributed by atoms with Gasteiger partial charge in [0.1, 0.15) is 11.9 Å². The van der Waals surface area contributed by atoms with Gasteiger partial charge in [-0.05, 0) is 42.7 Å².